The fourth-order valence-electron chi connectivity index (χ4n) is 3.25. The Balaban J connectivity index is 1.81. The average molecular weight is 282 g/mol. The van der Waals surface area contributed by atoms with E-state index in [-0.39, 0.29) is 12.1 Å². The number of fused-ring (bicyclic) bond motifs is 1. The molecule has 0 saturated carbocycles. The van der Waals surface area contributed by atoms with Crippen LogP contribution in [0.15, 0.2) is 48.5 Å². The molecule has 0 amide bonds. The SMILES string of the molecule is COc1ccccc1[C@@H](C)NC1CC(N)c2ccccc21. The highest BCUT2D eigenvalue weighted by molar-refractivity contribution is 5.39. The standard InChI is InChI=1S/C18H22N2O/c1-12(13-7-5-6-10-18(13)21-2)20-17-11-16(19)14-8-3-4-9-15(14)17/h3-10,12,16-17,20H,11,19H2,1-2H3/t12-,16?,17?/m1/s1. The Kier molecular flexibility index (Phi) is 3.95. The molecule has 3 heteroatoms. The summed E-state index contributed by atoms with van der Waals surface area (Å²) in [6.07, 6.45) is 0.943. The van der Waals surface area contributed by atoms with E-state index in [0.717, 1.165) is 12.2 Å². The molecule has 1 aliphatic carbocycles. The average Bonchev–Trinajstić information content (AvgIpc) is 2.84. The van der Waals surface area contributed by atoms with Crippen LogP contribution in [0.2, 0.25) is 0 Å². The normalized spacial score (nSPS) is 21.9. The molecular weight excluding hydrogens is 260 g/mol. The molecule has 3 N–H and O–H groups in total. The molecule has 0 aromatic heterocycles. The second-order valence-electron chi connectivity index (χ2n) is 5.65. The van der Waals surface area contributed by atoms with E-state index in [1.165, 1.54) is 16.7 Å². The van der Waals surface area contributed by atoms with E-state index in [2.05, 4.69) is 42.6 Å². The Morgan fingerprint density at radius 2 is 1.76 bits per heavy atom. The molecule has 2 unspecified atom stereocenters. The lowest BCUT2D eigenvalue weighted by Crippen LogP contribution is -2.24. The number of methoxy groups -OCH3 is 1. The van der Waals surface area contributed by atoms with Gasteiger partial charge in [-0.15, -0.1) is 0 Å². The van der Waals surface area contributed by atoms with Crippen LogP contribution in [0.1, 0.15) is 48.2 Å². The van der Waals surface area contributed by atoms with E-state index < -0.39 is 0 Å². The van der Waals surface area contributed by atoms with Gasteiger partial charge in [0.15, 0.2) is 0 Å². The highest BCUT2D eigenvalue weighted by Crippen LogP contribution is 2.39. The Labute approximate surface area is 126 Å². The van der Waals surface area contributed by atoms with Gasteiger partial charge in [0.25, 0.3) is 0 Å². The summed E-state index contributed by atoms with van der Waals surface area (Å²) in [7, 11) is 1.71. The topological polar surface area (TPSA) is 47.3 Å². The van der Waals surface area contributed by atoms with Crippen LogP contribution in [-0.4, -0.2) is 7.11 Å². The van der Waals surface area contributed by atoms with Crippen molar-refractivity contribution in [2.24, 2.45) is 5.73 Å². The number of hydrogen-bond donors (Lipinski definition) is 2. The van der Waals surface area contributed by atoms with Crippen LogP contribution in [0.4, 0.5) is 0 Å². The molecule has 0 spiro atoms. The van der Waals surface area contributed by atoms with Crippen LogP contribution >= 0.6 is 0 Å². The van der Waals surface area contributed by atoms with Crippen molar-refractivity contribution in [2.75, 3.05) is 7.11 Å². The van der Waals surface area contributed by atoms with Crippen LogP contribution in [0.25, 0.3) is 0 Å². The van der Waals surface area contributed by atoms with Crippen LogP contribution < -0.4 is 15.8 Å². The number of benzene rings is 2. The third kappa shape index (κ3) is 2.67. The van der Waals surface area contributed by atoms with Gasteiger partial charge in [0.2, 0.25) is 0 Å². The van der Waals surface area contributed by atoms with Crippen molar-refractivity contribution in [3.63, 3.8) is 0 Å². The molecule has 0 bridgehead atoms. The third-order valence-corrected chi connectivity index (χ3v) is 4.32. The van der Waals surface area contributed by atoms with Gasteiger partial charge in [0.1, 0.15) is 5.75 Å². The zero-order chi connectivity index (χ0) is 14.8. The molecule has 0 radical (unpaired) electrons. The van der Waals surface area contributed by atoms with E-state index in [1.54, 1.807) is 7.11 Å². The van der Waals surface area contributed by atoms with Crippen molar-refractivity contribution in [2.45, 2.75) is 31.5 Å². The number of nitrogens with two attached hydrogens (primary N) is 1. The summed E-state index contributed by atoms with van der Waals surface area (Å²) in [5.41, 5.74) is 10.0. The Hall–Kier alpha value is -1.84. The van der Waals surface area contributed by atoms with Gasteiger partial charge in [0.05, 0.1) is 7.11 Å². The first-order valence-electron chi connectivity index (χ1n) is 7.44. The number of nitrogens with one attached hydrogen (secondary N) is 1. The molecule has 3 rings (SSSR count). The van der Waals surface area contributed by atoms with E-state index in [0.29, 0.717) is 6.04 Å². The zero-order valence-electron chi connectivity index (χ0n) is 12.5. The number of para-hydroxylation sites is 1. The monoisotopic (exact) mass is 282 g/mol. The van der Waals surface area contributed by atoms with Crippen molar-refractivity contribution < 1.29 is 4.74 Å². The van der Waals surface area contributed by atoms with Crippen molar-refractivity contribution in [3.8, 4) is 5.75 Å². The fourth-order valence-corrected chi connectivity index (χ4v) is 3.25. The summed E-state index contributed by atoms with van der Waals surface area (Å²) >= 11 is 0. The van der Waals surface area contributed by atoms with Crippen LogP contribution in [0, 0.1) is 0 Å². The van der Waals surface area contributed by atoms with Crippen molar-refractivity contribution in [1.29, 1.82) is 0 Å². The number of rotatable bonds is 4. The first-order valence-corrected chi connectivity index (χ1v) is 7.44. The van der Waals surface area contributed by atoms with Crippen molar-refractivity contribution in [3.05, 3.63) is 65.2 Å². The Morgan fingerprint density at radius 1 is 1.10 bits per heavy atom. The molecule has 0 fully saturated rings. The Bertz CT molecular complexity index is 626. The molecular formula is C18H22N2O. The second-order valence-corrected chi connectivity index (χ2v) is 5.65. The first kappa shape index (κ1) is 14.1. The van der Waals surface area contributed by atoms with Gasteiger partial charge < -0.3 is 15.8 Å². The minimum atomic E-state index is 0.128. The van der Waals surface area contributed by atoms with Gasteiger partial charge in [-0.25, -0.2) is 0 Å². The van der Waals surface area contributed by atoms with Gasteiger partial charge in [0, 0.05) is 23.7 Å². The van der Waals surface area contributed by atoms with E-state index in [1.807, 2.05) is 18.2 Å². The van der Waals surface area contributed by atoms with Gasteiger partial charge >= 0.3 is 0 Å². The Morgan fingerprint density at radius 3 is 2.52 bits per heavy atom. The first-order chi connectivity index (χ1) is 10.2. The maximum absolute atomic E-state index is 6.24. The molecule has 3 atom stereocenters. The predicted octanol–water partition coefficient (Wildman–Crippen LogP) is 3.49. The van der Waals surface area contributed by atoms with E-state index in [4.69, 9.17) is 10.5 Å². The summed E-state index contributed by atoms with van der Waals surface area (Å²) in [4.78, 5) is 0. The third-order valence-electron chi connectivity index (χ3n) is 4.32. The maximum Gasteiger partial charge on any atom is 0.123 e. The fraction of sp³-hybridized carbons (Fsp3) is 0.333. The van der Waals surface area contributed by atoms with E-state index in [9.17, 15) is 0 Å². The summed E-state index contributed by atoms with van der Waals surface area (Å²) in [6, 6.07) is 17.2. The summed E-state index contributed by atoms with van der Waals surface area (Å²) < 4.78 is 5.46. The van der Waals surface area contributed by atoms with Crippen LogP contribution in [0.5, 0.6) is 5.75 Å². The largest absolute Gasteiger partial charge is 0.496 e. The molecule has 2 aromatic rings. The molecule has 0 saturated heterocycles. The minimum Gasteiger partial charge on any atom is -0.496 e. The number of hydrogen-bond acceptors (Lipinski definition) is 3. The van der Waals surface area contributed by atoms with Crippen molar-refractivity contribution in [1.82, 2.24) is 5.32 Å². The van der Waals surface area contributed by atoms with Crippen molar-refractivity contribution >= 4 is 0 Å². The summed E-state index contributed by atoms with van der Waals surface area (Å²) in [5, 5.41) is 3.70. The molecule has 0 aliphatic heterocycles. The number of ether oxygens (including phenoxy) is 1. The lowest BCUT2D eigenvalue weighted by molar-refractivity contribution is 0.390. The van der Waals surface area contributed by atoms with E-state index >= 15 is 0 Å². The molecule has 21 heavy (non-hydrogen) atoms. The lowest BCUT2D eigenvalue weighted by atomic mass is 10.0. The van der Waals surface area contributed by atoms with Crippen LogP contribution in [-0.2, 0) is 0 Å². The van der Waals surface area contributed by atoms with Gasteiger partial charge in [-0.3, -0.25) is 0 Å². The van der Waals surface area contributed by atoms with Crippen LogP contribution in [0.3, 0.4) is 0 Å². The maximum atomic E-state index is 6.24. The highest BCUT2D eigenvalue weighted by Gasteiger charge is 2.29. The highest BCUT2D eigenvalue weighted by atomic mass is 16.5. The summed E-state index contributed by atoms with van der Waals surface area (Å²) in [6.45, 7) is 2.17. The predicted molar refractivity (Wildman–Crippen MR) is 85.3 cm³/mol. The summed E-state index contributed by atoms with van der Waals surface area (Å²) in [5.74, 6) is 0.924. The molecule has 2 aromatic carbocycles. The van der Waals surface area contributed by atoms with Gasteiger partial charge in [-0.2, -0.15) is 0 Å². The zero-order valence-corrected chi connectivity index (χ0v) is 12.5. The molecule has 0 heterocycles. The molecule has 1 aliphatic rings. The quantitative estimate of drug-likeness (QED) is 0.902. The lowest BCUT2D eigenvalue weighted by Gasteiger charge is -2.22. The minimum absolute atomic E-state index is 0.128. The second kappa shape index (κ2) is 5.88. The molecule has 110 valence electrons. The van der Waals surface area contributed by atoms with Gasteiger partial charge in [-0.1, -0.05) is 42.5 Å². The van der Waals surface area contributed by atoms with Gasteiger partial charge in [-0.05, 0) is 30.5 Å². The smallest absolute Gasteiger partial charge is 0.123 e. The molecule has 3 nitrogen and oxygen atoms in total.